The number of amides is 1. The van der Waals surface area contributed by atoms with E-state index >= 15 is 0 Å². The lowest BCUT2D eigenvalue weighted by Gasteiger charge is -2.27. The Balaban J connectivity index is 2.11. The lowest BCUT2D eigenvalue weighted by Crippen LogP contribution is -2.50. The molecule has 2 N–H and O–H groups in total. The van der Waals surface area contributed by atoms with Crippen LogP contribution in [0.2, 0.25) is 5.02 Å². The third kappa shape index (κ3) is 5.97. The number of nitrogens with one attached hydrogen (secondary N) is 1. The van der Waals surface area contributed by atoms with Gasteiger partial charge in [-0.3, -0.25) is 10.0 Å². The van der Waals surface area contributed by atoms with Crippen molar-refractivity contribution in [3.05, 3.63) is 59.1 Å². The summed E-state index contributed by atoms with van der Waals surface area (Å²) in [6, 6.07) is 11.1. The zero-order valence-electron chi connectivity index (χ0n) is 16.8. The monoisotopic (exact) mass is 450 g/mol. The van der Waals surface area contributed by atoms with Crippen LogP contribution < -0.4 is 10.1 Å². The van der Waals surface area contributed by atoms with Crippen LogP contribution in [0.15, 0.2) is 53.4 Å². The number of halogens is 1. The van der Waals surface area contributed by atoms with Crippen LogP contribution in [0.5, 0.6) is 5.75 Å². The molecule has 0 bridgehead atoms. The van der Waals surface area contributed by atoms with Gasteiger partial charge < -0.3 is 10.1 Å². The van der Waals surface area contributed by atoms with E-state index in [1.54, 1.807) is 38.1 Å². The van der Waals surface area contributed by atoms with Gasteiger partial charge in [0.1, 0.15) is 11.8 Å². The number of carbonyl (C=O) groups excluding carboxylic acids is 1. The van der Waals surface area contributed by atoms with Crippen molar-refractivity contribution in [3.8, 4) is 17.6 Å². The van der Waals surface area contributed by atoms with Crippen LogP contribution in [0.4, 0.5) is 0 Å². The summed E-state index contributed by atoms with van der Waals surface area (Å²) in [5, 5.41) is 13.6. The predicted octanol–water partition coefficient (Wildman–Crippen LogP) is 2.92. The second-order valence-electron chi connectivity index (χ2n) is 6.67. The largest absolute Gasteiger partial charge is 0.497 e. The molecule has 0 fully saturated rings. The fourth-order valence-electron chi connectivity index (χ4n) is 2.58. The van der Waals surface area contributed by atoms with E-state index in [0.717, 1.165) is 5.56 Å². The maximum Gasteiger partial charge on any atom is 0.265 e. The second kappa shape index (κ2) is 10.5. The third-order valence-corrected chi connectivity index (χ3v) is 6.01. The number of nitrogens with zero attached hydrogens (tertiary/aromatic N) is 1. The molecule has 160 valence electrons. The molecule has 2 rings (SSSR count). The molecular weight excluding hydrogens is 428 g/mol. The number of sulfonamides is 1. The average molecular weight is 451 g/mol. The molecular formula is C21H23ClN2O5S. The van der Waals surface area contributed by atoms with Crippen LogP contribution in [-0.2, 0) is 14.8 Å². The summed E-state index contributed by atoms with van der Waals surface area (Å²) < 4.78 is 30.6. The Morgan fingerprint density at radius 1 is 1.17 bits per heavy atom. The Morgan fingerprint density at radius 2 is 1.77 bits per heavy atom. The first kappa shape index (κ1) is 23.7. The fourth-order valence-corrected chi connectivity index (χ4v) is 4.04. The van der Waals surface area contributed by atoms with Crippen molar-refractivity contribution in [1.82, 2.24) is 9.79 Å². The Kier molecular flexibility index (Phi) is 8.26. The molecule has 0 saturated carbocycles. The molecule has 30 heavy (non-hydrogen) atoms. The molecule has 0 unspecified atom stereocenters. The zero-order valence-corrected chi connectivity index (χ0v) is 18.4. The molecule has 0 aliphatic carbocycles. The molecule has 0 heterocycles. The summed E-state index contributed by atoms with van der Waals surface area (Å²) in [6.45, 7) is 3.26. The quantitative estimate of drug-likeness (QED) is 0.499. The van der Waals surface area contributed by atoms with Crippen LogP contribution in [-0.4, -0.2) is 43.7 Å². The molecule has 0 saturated heterocycles. The standard InChI is InChI=1S/C21H23ClN2O5S/c1-15(2)20(21(25)23-14-4-5-16-6-8-17(22)9-7-16)24(26)30(27,28)19-12-10-18(29-3)11-13-19/h6-13,15,20,26H,14H2,1-3H3,(H,23,25)/t20-/m0/s1. The molecule has 1 amide bonds. The molecule has 7 nitrogen and oxygen atoms in total. The second-order valence-corrected chi connectivity index (χ2v) is 8.90. The first-order valence-corrected chi connectivity index (χ1v) is 10.9. The number of methoxy groups -OCH3 is 1. The Labute approximate surface area is 181 Å². The van der Waals surface area contributed by atoms with Crippen LogP contribution in [0.1, 0.15) is 19.4 Å². The molecule has 0 aliphatic heterocycles. The molecule has 0 aromatic heterocycles. The molecule has 0 aliphatic rings. The van der Waals surface area contributed by atoms with Gasteiger partial charge in [0, 0.05) is 10.6 Å². The maximum absolute atomic E-state index is 12.7. The van der Waals surface area contributed by atoms with E-state index in [0.29, 0.717) is 10.8 Å². The fraction of sp³-hybridized carbons (Fsp3) is 0.286. The van der Waals surface area contributed by atoms with Gasteiger partial charge in [0.2, 0.25) is 5.91 Å². The summed E-state index contributed by atoms with van der Waals surface area (Å²) in [6.07, 6.45) is 0. The van der Waals surface area contributed by atoms with Crippen molar-refractivity contribution in [1.29, 1.82) is 0 Å². The van der Waals surface area contributed by atoms with Gasteiger partial charge in [0.25, 0.3) is 10.0 Å². The number of hydrogen-bond acceptors (Lipinski definition) is 5. The summed E-state index contributed by atoms with van der Waals surface area (Å²) in [4.78, 5) is 12.4. The molecule has 1 atom stereocenters. The minimum absolute atomic E-state index is 0.0128. The first-order chi connectivity index (χ1) is 14.2. The molecule has 2 aromatic carbocycles. The minimum Gasteiger partial charge on any atom is -0.497 e. The number of carbonyl (C=O) groups is 1. The van der Waals surface area contributed by atoms with E-state index in [1.807, 2.05) is 0 Å². The third-order valence-electron chi connectivity index (χ3n) is 4.17. The molecule has 0 spiro atoms. The highest BCUT2D eigenvalue weighted by molar-refractivity contribution is 7.89. The summed E-state index contributed by atoms with van der Waals surface area (Å²) in [5.74, 6) is 4.96. The average Bonchev–Trinajstić information content (AvgIpc) is 2.72. The predicted molar refractivity (Wildman–Crippen MR) is 114 cm³/mol. The van der Waals surface area contributed by atoms with Crippen molar-refractivity contribution in [2.24, 2.45) is 5.92 Å². The van der Waals surface area contributed by atoms with Crippen LogP contribution in [0, 0.1) is 17.8 Å². The van der Waals surface area contributed by atoms with Gasteiger partial charge in [-0.2, -0.15) is 0 Å². The normalized spacial score (nSPS) is 12.2. The Hall–Kier alpha value is -2.57. The van der Waals surface area contributed by atoms with Crippen LogP contribution >= 0.6 is 11.6 Å². The topological polar surface area (TPSA) is 95.9 Å². The van der Waals surface area contributed by atoms with Gasteiger partial charge >= 0.3 is 0 Å². The van der Waals surface area contributed by atoms with Gasteiger partial charge in [-0.1, -0.05) is 41.8 Å². The van der Waals surface area contributed by atoms with Crippen LogP contribution in [0.25, 0.3) is 0 Å². The highest BCUT2D eigenvalue weighted by Gasteiger charge is 2.37. The van der Waals surface area contributed by atoms with Gasteiger partial charge in [0.05, 0.1) is 18.6 Å². The summed E-state index contributed by atoms with van der Waals surface area (Å²) in [5.41, 5.74) is 0.722. The van der Waals surface area contributed by atoms with Crippen molar-refractivity contribution < 1.29 is 23.2 Å². The Morgan fingerprint density at radius 3 is 2.30 bits per heavy atom. The lowest BCUT2D eigenvalue weighted by atomic mass is 10.0. The van der Waals surface area contributed by atoms with Crippen molar-refractivity contribution in [2.75, 3.05) is 13.7 Å². The van der Waals surface area contributed by atoms with E-state index < -0.39 is 27.9 Å². The van der Waals surface area contributed by atoms with Gasteiger partial charge in [0.15, 0.2) is 0 Å². The summed E-state index contributed by atoms with van der Waals surface area (Å²) >= 11 is 5.82. The highest BCUT2D eigenvalue weighted by atomic mass is 35.5. The molecule has 2 aromatic rings. The van der Waals surface area contributed by atoms with E-state index in [-0.39, 0.29) is 15.9 Å². The minimum atomic E-state index is -4.31. The SMILES string of the molecule is COc1ccc(S(=O)(=O)N(O)[C@H](C(=O)NCC#Cc2ccc(Cl)cc2)C(C)C)cc1. The van der Waals surface area contributed by atoms with E-state index in [2.05, 4.69) is 17.2 Å². The number of rotatable bonds is 7. The van der Waals surface area contributed by atoms with Crippen molar-refractivity contribution in [2.45, 2.75) is 24.8 Å². The van der Waals surface area contributed by atoms with Crippen molar-refractivity contribution in [3.63, 3.8) is 0 Å². The van der Waals surface area contributed by atoms with E-state index in [9.17, 15) is 18.4 Å². The zero-order chi connectivity index (χ0) is 22.3. The number of hydrogen-bond donors (Lipinski definition) is 2. The number of hydroxylamine groups is 1. The van der Waals surface area contributed by atoms with E-state index in [1.165, 1.54) is 31.4 Å². The van der Waals surface area contributed by atoms with Crippen molar-refractivity contribution >= 4 is 27.5 Å². The number of ether oxygens (including phenoxy) is 1. The van der Waals surface area contributed by atoms with Gasteiger partial charge in [-0.05, 0) is 54.4 Å². The van der Waals surface area contributed by atoms with Gasteiger partial charge in [-0.25, -0.2) is 8.42 Å². The molecule has 0 radical (unpaired) electrons. The first-order valence-electron chi connectivity index (χ1n) is 9.06. The van der Waals surface area contributed by atoms with Crippen LogP contribution in [0.3, 0.4) is 0 Å². The highest BCUT2D eigenvalue weighted by Crippen LogP contribution is 2.22. The smallest absolute Gasteiger partial charge is 0.265 e. The van der Waals surface area contributed by atoms with Gasteiger partial charge in [-0.15, -0.1) is 0 Å². The summed E-state index contributed by atoms with van der Waals surface area (Å²) in [7, 11) is -2.85. The number of benzene rings is 2. The van der Waals surface area contributed by atoms with E-state index in [4.69, 9.17) is 16.3 Å². The molecule has 9 heteroatoms. The Bertz CT molecular complexity index is 1030. The lowest BCUT2D eigenvalue weighted by molar-refractivity contribution is -0.137. The maximum atomic E-state index is 12.7.